The van der Waals surface area contributed by atoms with Gasteiger partial charge < -0.3 is 5.32 Å². The van der Waals surface area contributed by atoms with Crippen molar-refractivity contribution in [2.75, 3.05) is 12.8 Å². The van der Waals surface area contributed by atoms with Crippen LogP contribution in [0.4, 0.5) is 0 Å². The van der Waals surface area contributed by atoms with Crippen LogP contribution in [0.3, 0.4) is 0 Å². The molecule has 1 aromatic heterocycles. The molecule has 1 unspecified atom stereocenters. The average Bonchev–Trinajstić information content (AvgIpc) is 2.87. The molecule has 2 aromatic rings. The van der Waals surface area contributed by atoms with Crippen LogP contribution in [0.15, 0.2) is 34.5 Å². The summed E-state index contributed by atoms with van der Waals surface area (Å²) < 4.78 is 24.5. The van der Waals surface area contributed by atoms with Gasteiger partial charge in [-0.05, 0) is 32.0 Å². The fourth-order valence-electron chi connectivity index (χ4n) is 2.76. The van der Waals surface area contributed by atoms with Crippen molar-refractivity contribution in [3.63, 3.8) is 0 Å². The Morgan fingerprint density at radius 3 is 2.75 bits per heavy atom. The minimum atomic E-state index is -3.19. The largest absolute Gasteiger partial charge is 0.305 e. The molecule has 1 atom stereocenters. The van der Waals surface area contributed by atoms with Gasteiger partial charge in [0.2, 0.25) is 0 Å². The van der Waals surface area contributed by atoms with Crippen LogP contribution >= 0.6 is 11.3 Å². The smallest absolute Gasteiger partial charge is 0.178 e. The molecule has 3 rings (SSSR count). The molecule has 2 heterocycles. The Hall–Kier alpha value is -1.24. The second-order valence-corrected chi connectivity index (χ2v) is 7.95. The van der Waals surface area contributed by atoms with Gasteiger partial charge >= 0.3 is 0 Å². The first kappa shape index (κ1) is 13.7. The van der Waals surface area contributed by atoms with Crippen molar-refractivity contribution < 1.29 is 8.42 Å². The SMILES string of the molecule is CNC1(c2nc(C)cs2)CCS(=O)(=O)c2ccccc21. The molecule has 0 bridgehead atoms. The van der Waals surface area contributed by atoms with Gasteiger partial charge in [-0.25, -0.2) is 13.4 Å². The van der Waals surface area contributed by atoms with Gasteiger partial charge in [0, 0.05) is 11.1 Å². The van der Waals surface area contributed by atoms with Crippen LogP contribution in [0.5, 0.6) is 0 Å². The van der Waals surface area contributed by atoms with Gasteiger partial charge in [-0.3, -0.25) is 0 Å². The van der Waals surface area contributed by atoms with Gasteiger partial charge in [0.05, 0.1) is 16.2 Å². The number of fused-ring (bicyclic) bond motifs is 1. The molecule has 1 aromatic carbocycles. The average molecular weight is 308 g/mol. The fraction of sp³-hybridized carbons (Fsp3) is 0.357. The fourth-order valence-corrected chi connectivity index (χ4v) is 5.47. The number of nitrogens with zero attached hydrogens (tertiary/aromatic N) is 1. The number of hydrogen-bond donors (Lipinski definition) is 1. The van der Waals surface area contributed by atoms with Gasteiger partial charge in [-0.15, -0.1) is 11.3 Å². The number of rotatable bonds is 2. The molecule has 0 saturated heterocycles. The van der Waals surface area contributed by atoms with Crippen molar-refractivity contribution in [1.29, 1.82) is 0 Å². The Bertz CT molecular complexity index is 752. The predicted molar refractivity (Wildman–Crippen MR) is 79.8 cm³/mol. The lowest BCUT2D eigenvalue weighted by atomic mass is 9.87. The lowest BCUT2D eigenvalue weighted by Crippen LogP contribution is -2.46. The van der Waals surface area contributed by atoms with Crippen molar-refractivity contribution >= 4 is 21.2 Å². The van der Waals surface area contributed by atoms with E-state index < -0.39 is 15.4 Å². The molecule has 0 spiro atoms. The van der Waals surface area contributed by atoms with Gasteiger partial charge in [-0.1, -0.05) is 18.2 Å². The van der Waals surface area contributed by atoms with Crippen molar-refractivity contribution in [3.8, 4) is 0 Å². The van der Waals surface area contributed by atoms with E-state index in [1.54, 1.807) is 23.5 Å². The molecule has 0 radical (unpaired) electrons. The van der Waals surface area contributed by atoms with Gasteiger partial charge in [-0.2, -0.15) is 0 Å². The summed E-state index contributed by atoms with van der Waals surface area (Å²) in [7, 11) is -1.32. The van der Waals surface area contributed by atoms with E-state index in [2.05, 4.69) is 10.3 Å². The third kappa shape index (κ3) is 1.90. The van der Waals surface area contributed by atoms with Gasteiger partial charge in [0.15, 0.2) is 9.84 Å². The molecular formula is C14H16N2O2S2. The monoisotopic (exact) mass is 308 g/mol. The Balaban J connectivity index is 2.29. The number of nitrogens with one attached hydrogen (secondary N) is 1. The number of hydrogen-bond acceptors (Lipinski definition) is 5. The van der Waals surface area contributed by atoms with Crippen LogP contribution in [0.1, 0.15) is 22.7 Å². The summed E-state index contributed by atoms with van der Waals surface area (Å²) in [5, 5.41) is 6.26. The molecule has 0 saturated carbocycles. The van der Waals surface area contributed by atoms with Crippen LogP contribution in [-0.2, 0) is 15.4 Å². The number of benzene rings is 1. The van der Waals surface area contributed by atoms with E-state index in [0.717, 1.165) is 16.3 Å². The lowest BCUT2D eigenvalue weighted by Gasteiger charge is -2.37. The van der Waals surface area contributed by atoms with Crippen molar-refractivity contribution in [2.45, 2.75) is 23.8 Å². The summed E-state index contributed by atoms with van der Waals surface area (Å²) >= 11 is 1.57. The van der Waals surface area contributed by atoms with Crippen LogP contribution in [0.25, 0.3) is 0 Å². The van der Waals surface area contributed by atoms with E-state index >= 15 is 0 Å². The van der Waals surface area contributed by atoms with Crippen LogP contribution in [0, 0.1) is 6.92 Å². The van der Waals surface area contributed by atoms with E-state index in [-0.39, 0.29) is 5.75 Å². The normalized spacial score (nSPS) is 24.3. The molecule has 1 N–H and O–H groups in total. The topological polar surface area (TPSA) is 59.1 Å². The first-order chi connectivity index (χ1) is 9.49. The highest BCUT2D eigenvalue weighted by molar-refractivity contribution is 7.91. The zero-order valence-electron chi connectivity index (χ0n) is 11.4. The summed E-state index contributed by atoms with van der Waals surface area (Å²) in [5.74, 6) is 0.142. The first-order valence-electron chi connectivity index (χ1n) is 6.43. The zero-order chi connectivity index (χ0) is 14.4. The van der Waals surface area contributed by atoms with E-state index in [0.29, 0.717) is 11.3 Å². The number of sulfone groups is 1. The summed E-state index contributed by atoms with van der Waals surface area (Å²) in [5.41, 5.74) is 1.27. The Labute approximate surface area is 122 Å². The molecular weight excluding hydrogens is 292 g/mol. The highest BCUT2D eigenvalue weighted by atomic mass is 32.2. The van der Waals surface area contributed by atoms with Crippen molar-refractivity contribution in [3.05, 3.63) is 45.9 Å². The van der Waals surface area contributed by atoms with E-state index in [1.807, 2.05) is 31.5 Å². The Morgan fingerprint density at radius 2 is 2.10 bits per heavy atom. The molecule has 0 aliphatic carbocycles. The first-order valence-corrected chi connectivity index (χ1v) is 8.96. The summed E-state index contributed by atoms with van der Waals surface area (Å²) in [6, 6.07) is 7.23. The molecule has 1 aliphatic heterocycles. The highest BCUT2D eigenvalue weighted by Crippen LogP contribution is 2.42. The molecule has 20 heavy (non-hydrogen) atoms. The van der Waals surface area contributed by atoms with E-state index in [1.165, 1.54) is 0 Å². The van der Waals surface area contributed by atoms with E-state index in [4.69, 9.17) is 0 Å². The number of aryl methyl sites for hydroxylation is 1. The summed E-state index contributed by atoms with van der Waals surface area (Å²) in [4.78, 5) is 5.01. The predicted octanol–water partition coefficient (Wildman–Crippen LogP) is 2.09. The molecule has 6 heteroatoms. The third-order valence-electron chi connectivity index (χ3n) is 3.84. The Morgan fingerprint density at radius 1 is 1.35 bits per heavy atom. The molecule has 106 valence electrons. The van der Waals surface area contributed by atoms with Gasteiger partial charge in [0.1, 0.15) is 5.01 Å². The maximum atomic E-state index is 12.3. The van der Waals surface area contributed by atoms with Gasteiger partial charge in [0.25, 0.3) is 0 Å². The quantitative estimate of drug-likeness (QED) is 0.923. The Kier molecular flexibility index (Phi) is 3.19. The standard InChI is InChI=1S/C14H16N2O2S2/c1-10-9-19-13(16-10)14(15-2)7-8-20(17,18)12-6-4-3-5-11(12)14/h3-6,9,15H,7-8H2,1-2H3. The second-order valence-electron chi connectivity index (χ2n) is 5.01. The third-order valence-corrected chi connectivity index (χ3v) is 6.73. The maximum Gasteiger partial charge on any atom is 0.178 e. The van der Waals surface area contributed by atoms with Crippen LogP contribution < -0.4 is 5.32 Å². The molecule has 4 nitrogen and oxygen atoms in total. The minimum absolute atomic E-state index is 0.142. The minimum Gasteiger partial charge on any atom is -0.305 e. The second kappa shape index (κ2) is 4.65. The molecule has 0 fully saturated rings. The highest BCUT2D eigenvalue weighted by Gasteiger charge is 2.44. The van der Waals surface area contributed by atoms with Crippen LogP contribution in [0.2, 0.25) is 0 Å². The summed E-state index contributed by atoms with van der Waals surface area (Å²) in [6.45, 7) is 1.95. The number of thiazole rings is 1. The van der Waals surface area contributed by atoms with Crippen molar-refractivity contribution in [1.82, 2.24) is 10.3 Å². The molecule has 1 aliphatic rings. The van der Waals surface area contributed by atoms with E-state index in [9.17, 15) is 8.42 Å². The lowest BCUT2D eigenvalue weighted by molar-refractivity contribution is 0.402. The number of aromatic nitrogens is 1. The van der Waals surface area contributed by atoms with Crippen LogP contribution in [-0.4, -0.2) is 26.2 Å². The van der Waals surface area contributed by atoms with Crippen molar-refractivity contribution in [2.24, 2.45) is 0 Å². The molecule has 0 amide bonds. The maximum absolute atomic E-state index is 12.3. The zero-order valence-corrected chi connectivity index (χ0v) is 13.0. The summed E-state index contributed by atoms with van der Waals surface area (Å²) in [6.07, 6.45) is 0.510.